The van der Waals surface area contributed by atoms with Gasteiger partial charge in [0.25, 0.3) is 0 Å². The average Bonchev–Trinajstić information content (AvgIpc) is 3.11. The Morgan fingerprint density at radius 2 is 1.91 bits per heavy atom. The number of ketones is 2. The van der Waals surface area contributed by atoms with Gasteiger partial charge in [0.05, 0.1) is 12.2 Å². The predicted molar refractivity (Wildman–Crippen MR) is 109 cm³/mol. The number of rotatable bonds is 2. The van der Waals surface area contributed by atoms with E-state index in [1.165, 1.54) is 6.08 Å². The molecule has 0 unspecified atom stereocenters. The van der Waals surface area contributed by atoms with Gasteiger partial charge in [-0.1, -0.05) is 13.8 Å². The van der Waals surface area contributed by atoms with Crippen LogP contribution < -0.4 is 0 Å². The predicted octanol–water partition coefficient (Wildman–Crippen LogP) is 2.59. The number of hydrogen-bond acceptors (Lipinski definition) is 6. The molecule has 0 aromatic rings. The normalized spacial score (nSPS) is 53.7. The number of aliphatic hydroxyl groups excluding tert-OH is 2. The van der Waals surface area contributed by atoms with Gasteiger partial charge in [0.2, 0.25) is 0 Å². The molecule has 2 N–H and O–H groups in total. The van der Waals surface area contributed by atoms with Crippen molar-refractivity contribution < 1.29 is 38.1 Å². The molecule has 5 rings (SSSR count). The van der Waals surface area contributed by atoms with E-state index in [0.29, 0.717) is 0 Å². The monoisotopic (exact) mass is 454 g/mol. The van der Waals surface area contributed by atoms with E-state index in [1.54, 1.807) is 27.7 Å². The molecule has 0 aromatic carbocycles. The second-order valence-electron chi connectivity index (χ2n) is 11.4. The first kappa shape index (κ1) is 22.6. The van der Waals surface area contributed by atoms with Gasteiger partial charge in [0.1, 0.15) is 18.4 Å². The summed E-state index contributed by atoms with van der Waals surface area (Å²) in [6.07, 6.45) is -2.23. The maximum atomic E-state index is 17.2. The Hall–Kier alpha value is -1.22. The molecule has 1 heterocycles. The first-order valence-electron chi connectivity index (χ1n) is 11.5. The molecule has 178 valence electrons. The standard InChI is InChI=1S/C24H32F2O6/c1-20(2)31-19-9-13-14-8-16(25)15-7-12(28)5-6-21(15,3)23(14,26)17(29)10-22(13,4)24(19,32-20)18(30)11-27/h7,13-14,16-17,19,27,29H,5-6,8-11H2,1-4H3/t13-,14+,16+,17+,19-,21+,22+,23+,24-/m1/s1. The zero-order chi connectivity index (χ0) is 23.5. The number of aliphatic hydroxyl groups is 2. The van der Waals surface area contributed by atoms with E-state index in [4.69, 9.17) is 9.47 Å². The number of fused-ring (bicyclic) bond motifs is 7. The van der Waals surface area contributed by atoms with Crippen LogP contribution in [0.25, 0.3) is 0 Å². The highest BCUT2D eigenvalue weighted by Gasteiger charge is 2.80. The van der Waals surface area contributed by atoms with E-state index in [-0.39, 0.29) is 43.5 Å². The molecular weight excluding hydrogens is 422 g/mol. The average molecular weight is 455 g/mol. The summed E-state index contributed by atoms with van der Waals surface area (Å²) in [5.41, 5.74) is -5.90. The first-order chi connectivity index (χ1) is 14.8. The van der Waals surface area contributed by atoms with E-state index in [0.717, 1.165) is 0 Å². The van der Waals surface area contributed by atoms with Crippen LogP contribution in [0.1, 0.15) is 59.8 Å². The van der Waals surface area contributed by atoms with E-state index >= 15 is 8.78 Å². The summed E-state index contributed by atoms with van der Waals surface area (Å²) in [7, 11) is 0. The van der Waals surface area contributed by atoms with Crippen LogP contribution >= 0.6 is 0 Å². The van der Waals surface area contributed by atoms with Crippen LogP contribution in [0.4, 0.5) is 8.78 Å². The number of hydrogen-bond donors (Lipinski definition) is 2. The molecule has 1 saturated heterocycles. The Morgan fingerprint density at radius 3 is 2.56 bits per heavy atom. The summed E-state index contributed by atoms with van der Waals surface area (Å²) in [5.74, 6) is -3.24. The van der Waals surface area contributed by atoms with E-state index in [2.05, 4.69) is 0 Å². The number of carbonyl (C=O) groups is 2. The Labute approximate surface area is 186 Å². The van der Waals surface area contributed by atoms with Crippen molar-refractivity contribution in [3.05, 3.63) is 11.6 Å². The number of ether oxygens (including phenoxy) is 2. The van der Waals surface area contributed by atoms with Crippen LogP contribution in [0.15, 0.2) is 11.6 Å². The fourth-order valence-corrected chi connectivity index (χ4v) is 8.28. The summed E-state index contributed by atoms with van der Waals surface area (Å²) >= 11 is 0. The zero-order valence-corrected chi connectivity index (χ0v) is 19.0. The van der Waals surface area contributed by atoms with Crippen LogP contribution in [0, 0.1) is 22.7 Å². The molecule has 4 fully saturated rings. The van der Waals surface area contributed by atoms with E-state index < -0.39 is 70.5 Å². The summed E-state index contributed by atoms with van der Waals surface area (Å²) in [4.78, 5) is 25.2. The van der Waals surface area contributed by atoms with Crippen molar-refractivity contribution >= 4 is 11.6 Å². The molecule has 0 bridgehead atoms. The topological polar surface area (TPSA) is 93.1 Å². The first-order valence-corrected chi connectivity index (χ1v) is 11.5. The number of halogens is 2. The minimum Gasteiger partial charge on any atom is -0.390 e. The minimum absolute atomic E-state index is 0.0832. The van der Waals surface area contributed by atoms with Gasteiger partial charge < -0.3 is 19.7 Å². The highest BCUT2D eigenvalue weighted by atomic mass is 19.1. The smallest absolute Gasteiger partial charge is 0.193 e. The third-order valence-electron chi connectivity index (χ3n) is 9.58. The third-order valence-corrected chi connectivity index (χ3v) is 9.58. The zero-order valence-electron chi connectivity index (χ0n) is 19.0. The lowest BCUT2D eigenvalue weighted by molar-refractivity contribution is -0.254. The van der Waals surface area contributed by atoms with Gasteiger partial charge in [-0.3, -0.25) is 9.59 Å². The molecule has 9 atom stereocenters. The lowest BCUT2D eigenvalue weighted by Gasteiger charge is -2.64. The molecule has 4 aliphatic carbocycles. The fourth-order valence-electron chi connectivity index (χ4n) is 8.28. The molecule has 32 heavy (non-hydrogen) atoms. The minimum atomic E-state index is -2.15. The molecule has 6 nitrogen and oxygen atoms in total. The Balaban J connectivity index is 1.65. The van der Waals surface area contributed by atoms with Crippen molar-refractivity contribution in [3.8, 4) is 0 Å². The highest BCUT2D eigenvalue weighted by molar-refractivity contribution is 5.92. The molecule has 0 amide bonds. The van der Waals surface area contributed by atoms with Gasteiger partial charge in [0.15, 0.2) is 23.0 Å². The number of alkyl halides is 2. The second kappa shape index (κ2) is 6.46. The lowest BCUT2D eigenvalue weighted by Crippen LogP contribution is -2.71. The molecule has 5 aliphatic rings. The van der Waals surface area contributed by atoms with Crippen LogP contribution in [-0.2, 0) is 19.1 Å². The molecule has 3 saturated carbocycles. The largest absolute Gasteiger partial charge is 0.390 e. The number of allylic oxidation sites excluding steroid dienone is 1. The summed E-state index contributed by atoms with van der Waals surface area (Å²) in [5, 5.41) is 21.2. The second-order valence-corrected chi connectivity index (χ2v) is 11.4. The van der Waals surface area contributed by atoms with Crippen molar-refractivity contribution in [2.45, 2.75) is 95.2 Å². The molecular formula is C24H32F2O6. The maximum Gasteiger partial charge on any atom is 0.193 e. The van der Waals surface area contributed by atoms with Crippen LogP contribution in [0.3, 0.4) is 0 Å². The van der Waals surface area contributed by atoms with Gasteiger partial charge in [-0.05, 0) is 57.1 Å². The van der Waals surface area contributed by atoms with Crippen LogP contribution in [-0.4, -0.2) is 63.8 Å². The van der Waals surface area contributed by atoms with Crippen LogP contribution in [0.5, 0.6) is 0 Å². The summed E-state index contributed by atoms with van der Waals surface area (Å²) in [6, 6.07) is 0. The van der Waals surface area contributed by atoms with E-state index in [1.807, 2.05) is 0 Å². The Morgan fingerprint density at radius 1 is 1.22 bits per heavy atom. The summed E-state index contributed by atoms with van der Waals surface area (Å²) < 4.78 is 44.9. The van der Waals surface area contributed by atoms with Crippen LogP contribution in [0.2, 0.25) is 0 Å². The molecule has 8 heteroatoms. The van der Waals surface area contributed by atoms with Gasteiger partial charge >= 0.3 is 0 Å². The van der Waals surface area contributed by atoms with Crippen molar-refractivity contribution in [3.63, 3.8) is 0 Å². The lowest BCUT2D eigenvalue weighted by atomic mass is 9.43. The quantitative estimate of drug-likeness (QED) is 0.666. The maximum absolute atomic E-state index is 17.2. The van der Waals surface area contributed by atoms with Gasteiger partial charge in [-0.2, -0.15) is 0 Å². The van der Waals surface area contributed by atoms with Crippen molar-refractivity contribution in [1.82, 2.24) is 0 Å². The van der Waals surface area contributed by atoms with Gasteiger partial charge in [-0.25, -0.2) is 8.78 Å². The molecule has 0 aromatic heterocycles. The van der Waals surface area contributed by atoms with Crippen molar-refractivity contribution in [2.24, 2.45) is 22.7 Å². The molecule has 1 aliphatic heterocycles. The van der Waals surface area contributed by atoms with Gasteiger partial charge in [-0.15, -0.1) is 0 Å². The number of Topliss-reactive ketones (excluding diaryl/α,β-unsaturated/α-hetero) is 1. The number of carbonyl (C=O) groups excluding carboxylic acids is 2. The molecule has 0 spiro atoms. The molecule has 0 radical (unpaired) electrons. The fraction of sp³-hybridized carbons (Fsp3) is 0.833. The Bertz CT molecular complexity index is 918. The van der Waals surface area contributed by atoms with E-state index in [9.17, 15) is 19.8 Å². The third kappa shape index (κ3) is 2.37. The highest BCUT2D eigenvalue weighted by Crippen LogP contribution is 2.73. The van der Waals surface area contributed by atoms with Gasteiger partial charge in [0, 0.05) is 23.2 Å². The van der Waals surface area contributed by atoms with Crippen molar-refractivity contribution in [1.29, 1.82) is 0 Å². The summed E-state index contributed by atoms with van der Waals surface area (Å²) in [6.45, 7) is 6.01. The SMILES string of the molecule is CC1(C)O[C@@H]2C[C@@H]3[C@@H]4C[C@H](F)C5=CC(=O)CC[C@]5(C)[C@@]4(F)[C@@H](O)C[C@]3(C)[C@]2(C(=O)CO)O1. The van der Waals surface area contributed by atoms with Crippen molar-refractivity contribution in [2.75, 3.05) is 6.61 Å². The Kier molecular flexibility index (Phi) is 4.56.